The number of halogens is 3. The molecule has 0 amide bonds. The molecule has 0 unspecified atom stereocenters. The number of aliphatic hydroxyl groups is 1. The van der Waals surface area contributed by atoms with Crippen LogP contribution in [-0.4, -0.2) is 32.7 Å². The molecule has 0 atom stereocenters. The number of hydrogen-bond acceptors (Lipinski definition) is 5. The van der Waals surface area contributed by atoms with E-state index in [1.165, 1.54) is 6.07 Å². The molecule has 0 aliphatic rings. The van der Waals surface area contributed by atoms with Crippen molar-refractivity contribution in [2.24, 2.45) is 0 Å². The lowest BCUT2D eigenvalue weighted by atomic mass is 9.94. The molecule has 1 heterocycles. The number of benzene rings is 3. The largest absolute Gasteiger partial charge is 0.511 e. The van der Waals surface area contributed by atoms with Gasteiger partial charge < -0.3 is 9.63 Å². The van der Waals surface area contributed by atoms with Gasteiger partial charge in [-0.25, -0.2) is 0 Å². The van der Waals surface area contributed by atoms with Crippen LogP contribution in [0.5, 0.6) is 0 Å². The van der Waals surface area contributed by atoms with E-state index in [9.17, 15) is 18.3 Å². The minimum Gasteiger partial charge on any atom is -0.511 e. The molecule has 0 bridgehead atoms. The van der Waals surface area contributed by atoms with Crippen molar-refractivity contribution in [1.29, 1.82) is 0 Å². The van der Waals surface area contributed by atoms with Gasteiger partial charge in [-0.1, -0.05) is 60.3 Å². The van der Waals surface area contributed by atoms with Gasteiger partial charge in [-0.15, -0.1) is 0 Å². The summed E-state index contributed by atoms with van der Waals surface area (Å²) >= 11 is 0. The molecule has 8 heteroatoms. The van der Waals surface area contributed by atoms with Crippen LogP contribution in [0.25, 0.3) is 34.0 Å². The fraction of sp³-hybridized carbons (Fsp3) is 0.241. The molecule has 0 spiro atoms. The van der Waals surface area contributed by atoms with Gasteiger partial charge in [0.1, 0.15) is 5.76 Å². The summed E-state index contributed by atoms with van der Waals surface area (Å²) in [5.74, 6) is 0.319. The predicted molar refractivity (Wildman–Crippen MR) is 138 cm³/mol. The molecule has 1 N–H and O–H groups in total. The van der Waals surface area contributed by atoms with Crippen LogP contribution in [0.3, 0.4) is 0 Å². The van der Waals surface area contributed by atoms with Gasteiger partial charge in [-0.2, -0.15) is 18.2 Å². The maximum Gasteiger partial charge on any atom is 0.417 e. The van der Waals surface area contributed by atoms with Crippen molar-refractivity contribution in [3.63, 3.8) is 0 Å². The topological polar surface area (TPSA) is 62.4 Å². The average molecular weight is 508 g/mol. The van der Waals surface area contributed by atoms with Gasteiger partial charge in [0.15, 0.2) is 0 Å². The number of aliphatic hydroxyl groups excluding tert-OH is 1. The van der Waals surface area contributed by atoms with E-state index < -0.39 is 17.3 Å². The minimum atomic E-state index is -4.56. The summed E-state index contributed by atoms with van der Waals surface area (Å²) in [4.78, 5) is 6.33. The van der Waals surface area contributed by atoms with Crippen molar-refractivity contribution in [2.75, 3.05) is 7.05 Å². The van der Waals surface area contributed by atoms with E-state index in [-0.39, 0.29) is 28.6 Å². The summed E-state index contributed by atoms with van der Waals surface area (Å²) in [7, 11) is 1.87. The Morgan fingerprint density at radius 1 is 0.973 bits per heavy atom. The molecule has 4 aromatic rings. The van der Waals surface area contributed by atoms with Crippen LogP contribution >= 0.6 is 0 Å². The highest BCUT2D eigenvalue weighted by Gasteiger charge is 2.35. The van der Waals surface area contributed by atoms with E-state index in [0.717, 1.165) is 17.2 Å². The maximum atomic E-state index is 14.0. The van der Waals surface area contributed by atoms with Crippen molar-refractivity contribution in [1.82, 2.24) is 15.0 Å². The Hall–Kier alpha value is -3.91. The first-order valence-corrected chi connectivity index (χ1v) is 11.7. The maximum absolute atomic E-state index is 14.0. The molecular formula is C29H28F3N3O2. The van der Waals surface area contributed by atoms with Crippen molar-refractivity contribution >= 4 is 0 Å². The van der Waals surface area contributed by atoms with E-state index in [1.54, 1.807) is 43.3 Å². The Labute approximate surface area is 213 Å². The third-order valence-corrected chi connectivity index (χ3v) is 6.70. The number of aromatic nitrogens is 2. The summed E-state index contributed by atoms with van der Waals surface area (Å²) in [5.41, 5.74) is 1.74. The zero-order valence-electron chi connectivity index (χ0n) is 21.1. The number of nitrogens with zero attached hydrogens (tertiary/aromatic N) is 3. The molecule has 4 rings (SSSR count). The highest BCUT2D eigenvalue weighted by Crippen LogP contribution is 2.40. The molecule has 1 aromatic heterocycles. The van der Waals surface area contributed by atoms with Gasteiger partial charge in [0.05, 0.1) is 11.1 Å². The Balaban J connectivity index is 1.66. The second kappa shape index (κ2) is 9.86. The van der Waals surface area contributed by atoms with E-state index >= 15 is 0 Å². The van der Waals surface area contributed by atoms with Crippen molar-refractivity contribution in [3.8, 4) is 34.0 Å². The van der Waals surface area contributed by atoms with Gasteiger partial charge >= 0.3 is 6.18 Å². The summed E-state index contributed by atoms with van der Waals surface area (Å²) in [6, 6.07) is 18.5. The molecule has 0 saturated carbocycles. The minimum absolute atomic E-state index is 0.00272. The zero-order valence-corrected chi connectivity index (χ0v) is 21.1. The second-order valence-electron chi connectivity index (χ2n) is 9.56. The molecule has 5 nitrogen and oxygen atoms in total. The quantitative estimate of drug-likeness (QED) is 0.260. The number of hydrogen-bond donors (Lipinski definition) is 1. The van der Waals surface area contributed by atoms with Crippen LogP contribution in [0, 0.1) is 6.92 Å². The summed E-state index contributed by atoms with van der Waals surface area (Å²) in [6.45, 7) is 9.67. The van der Waals surface area contributed by atoms with E-state index in [2.05, 4.69) is 16.7 Å². The van der Waals surface area contributed by atoms with Crippen molar-refractivity contribution < 1.29 is 22.8 Å². The lowest BCUT2D eigenvalue weighted by molar-refractivity contribution is -0.137. The van der Waals surface area contributed by atoms with E-state index in [1.807, 2.05) is 44.0 Å². The third kappa shape index (κ3) is 5.44. The molecule has 3 aromatic carbocycles. The molecule has 0 saturated heterocycles. The van der Waals surface area contributed by atoms with Gasteiger partial charge in [0.2, 0.25) is 5.82 Å². The smallest absolute Gasteiger partial charge is 0.417 e. The first-order chi connectivity index (χ1) is 17.4. The molecule has 0 aliphatic carbocycles. The number of rotatable bonds is 7. The third-order valence-electron chi connectivity index (χ3n) is 6.70. The van der Waals surface area contributed by atoms with Crippen LogP contribution < -0.4 is 0 Å². The lowest BCUT2D eigenvalue weighted by Crippen LogP contribution is -2.41. The van der Waals surface area contributed by atoms with Crippen LogP contribution in [0.2, 0.25) is 0 Å². The van der Waals surface area contributed by atoms with Gasteiger partial charge in [-0.05, 0) is 68.3 Å². The standard InChI is InChI=1S/C29H28F3N3O2/c1-18-9-6-7-12-23(18)24-14-13-22(16-25(24)29(30,31)32)27-33-26(34-37-27)21-11-8-10-20(15-21)17-35(5)28(3,4)19(2)36/h6-16,36H,2,17H2,1,3-5H3. The SMILES string of the molecule is C=C(O)C(C)(C)N(C)Cc1cccc(-c2noc(-c3ccc(-c4ccccc4C)c(C(F)(F)F)c3)n2)c1. The monoisotopic (exact) mass is 507 g/mol. The fourth-order valence-corrected chi connectivity index (χ4v) is 3.98. The summed E-state index contributed by atoms with van der Waals surface area (Å²) < 4.78 is 47.4. The van der Waals surface area contributed by atoms with Crippen molar-refractivity contribution in [2.45, 2.75) is 39.0 Å². The Morgan fingerprint density at radius 2 is 1.70 bits per heavy atom. The summed E-state index contributed by atoms with van der Waals surface area (Å²) in [6.07, 6.45) is -4.56. The molecule has 0 fully saturated rings. The number of alkyl halides is 3. The fourth-order valence-electron chi connectivity index (χ4n) is 3.98. The van der Waals surface area contributed by atoms with Gasteiger partial charge in [0.25, 0.3) is 5.89 Å². The number of likely N-dealkylation sites (N-methyl/N-ethyl adjacent to an activating group) is 1. The van der Waals surface area contributed by atoms with Crippen LogP contribution in [0.4, 0.5) is 13.2 Å². The van der Waals surface area contributed by atoms with Gasteiger partial charge in [0, 0.05) is 17.7 Å². The first-order valence-electron chi connectivity index (χ1n) is 11.7. The normalized spacial score (nSPS) is 12.2. The molecule has 37 heavy (non-hydrogen) atoms. The predicted octanol–water partition coefficient (Wildman–Crippen LogP) is 7.68. The van der Waals surface area contributed by atoms with Crippen LogP contribution in [0.15, 0.2) is 83.6 Å². The van der Waals surface area contributed by atoms with E-state index in [0.29, 0.717) is 17.7 Å². The molecule has 0 aliphatic heterocycles. The van der Waals surface area contributed by atoms with E-state index in [4.69, 9.17) is 4.52 Å². The Morgan fingerprint density at radius 3 is 2.38 bits per heavy atom. The molecular weight excluding hydrogens is 479 g/mol. The first kappa shape index (κ1) is 26.2. The van der Waals surface area contributed by atoms with Crippen LogP contribution in [-0.2, 0) is 12.7 Å². The highest BCUT2D eigenvalue weighted by molar-refractivity contribution is 5.74. The van der Waals surface area contributed by atoms with Gasteiger partial charge in [-0.3, -0.25) is 4.90 Å². The Bertz CT molecular complexity index is 1440. The molecule has 0 radical (unpaired) electrons. The zero-order chi connectivity index (χ0) is 27.0. The van der Waals surface area contributed by atoms with Crippen molar-refractivity contribution in [3.05, 3.63) is 95.8 Å². The average Bonchev–Trinajstić information content (AvgIpc) is 3.34. The lowest BCUT2D eigenvalue weighted by Gasteiger charge is -2.34. The highest BCUT2D eigenvalue weighted by atomic mass is 19.4. The van der Waals surface area contributed by atoms with Crippen LogP contribution in [0.1, 0.15) is 30.5 Å². The summed E-state index contributed by atoms with van der Waals surface area (Å²) in [5, 5.41) is 13.9. The Kier molecular flexibility index (Phi) is 6.97. The second-order valence-corrected chi connectivity index (χ2v) is 9.56. The number of aryl methyl sites for hydroxylation is 1. The molecule has 192 valence electrons.